The van der Waals surface area contributed by atoms with Crippen LogP contribution in [0.5, 0.6) is 0 Å². The number of aliphatic hydroxyl groups excluding tert-OH is 1. The van der Waals surface area contributed by atoms with Crippen molar-refractivity contribution in [3.8, 4) is 0 Å². The second-order valence-corrected chi connectivity index (χ2v) is 8.15. The number of aliphatic hydroxyl groups is 1. The van der Waals surface area contributed by atoms with E-state index in [2.05, 4.69) is 4.72 Å². The predicted molar refractivity (Wildman–Crippen MR) is 85.6 cm³/mol. The lowest BCUT2D eigenvalue weighted by Gasteiger charge is -2.31. The Labute approximate surface area is 127 Å². The molecule has 0 fully saturated rings. The van der Waals surface area contributed by atoms with Gasteiger partial charge in [0, 0.05) is 12.6 Å². The van der Waals surface area contributed by atoms with Crippen molar-refractivity contribution in [3.05, 3.63) is 23.3 Å². The van der Waals surface area contributed by atoms with E-state index in [1.54, 1.807) is 26.0 Å². The average Bonchev–Trinajstić information content (AvgIpc) is 2.32. The zero-order chi connectivity index (χ0) is 16.4. The summed E-state index contributed by atoms with van der Waals surface area (Å²) in [6, 6.07) is 3.18. The second-order valence-electron chi connectivity index (χ2n) is 6.49. The number of nitrogens with one attached hydrogen (secondary N) is 1. The summed E-state index contributed by atoms with van der Waals surface area (Å²) in [4.78, 5) is 0.134. The highest BCUT2D eigenvalue weighted by Gasteiger charge is 2.31. The van der Waals surface area contributed by atoms with Crippen molar-refractivity contribution >= 4 is 15.7 Å². The Morgan fingerprint density at radius 1 is 1.24 bits per heavy atom. The molecule has 0 heterocycles. The lowest BCUT2D eigenvalue weighted by molar-refractivity contribution is 0.214. The summed E-state index contributed by atoms with van der Waals surface area (Å²) in [5.41, 5.74) is 7.28. The quantitative estimate of drug-likeness (QED) is 0.724. The molecule has 1 aromatic carbocycles. The maximum absolute atomic E-state index is 12.7. The van der Waals surface area contributed by atoms with Gasteiger partial charge >= 0.3 is 0 Å². The Bertz CT molecular complexity index is 604. The lowest BCUT2D eigenvalue weighted by Crippen LogP contribution is -2.44. The molecule has 1 rings (SSSR count). The first kappa shape index (κ1) is 17.9. The minimum atomic E-state index is -3.73. The highest BCUT2D eigenvalue weighted by atomic mass is 32.2. The number of benzene rings is 1. The number of nitrogen functional groups attached to an aromatic ring is 1. The number of hydrogen-bond donors (Lipinski definition) is 3. The van der Waals surface area contributed by atoms with E-state index < -0.39 is 10.0 Å². The third kappa shape index (κ3) is 4.18. The van der Waals surface area contributed by atoms with Gasteiger partial charge in [0.25, 0.3) is 0 Å². The molecule has 0 aliphatic carbocycles. The molecule has 1 atom stereocenters. The molecular formula is C15H26N2O3S. The molecule has 1 aromatic rings. The SMILES string of the molecule is Cc1ccc(C)c(S(=O)(=O)NC(CCO)C(C)(C)C)c1N. The molecule has 0 saturated carbocycles. The number of aryl methyl sites for hydroxylation is 2. The molecule has 0 spiro atoms. The Kier molecular flexibility index (Phi) is 5.41. The molecule has 0 amide bonds. The summed E-state index contributed by atoms with van der Waals surface area (Å²) >= 11 is 0. The zero-order valence-electron chi connectivity index (χ0n) is 13.4. The van der Waals surface area contributed by atoms with Gasteiger partial charge in [-0.15, -0.1) is 0 Å². The maximum Gasteiger partial charge on any atom is 0.243 e. The van der Waals surface area contributed by atoms with Crippen molar-refractivity contribution in [2.45, 2.75) is 52.0 Å². The van der Waals surface area contributed by atoms with Crippen molar-refractivity contribution in [1.29, 1.82) is 0 Å². The van der Waals surface area contributed by atoms with Crippen LogP contribution >= 0.6 is 0 Å². The molecule has 0 radical (unpaired) electrons. The normalized spacial score (nSPS) is 14.2. The van der Waals surface area contributed by atoms with Gasteiger partial charge in [-0.2, -0.15) is 0 Å². The fourth-order valence-electron chi connectivity index (χ4n) is 2.21. The highest BCUT2D eigenvalue weighted by Crippen LogP contribution is 2.28. The minimum Gasteiger partial charge on any atom is -0.397 e. The Morgan fingerprint density at radius 2 is 1.76 bits per heavy atom. The minimum absolute atomic E-state index is 0.0766. The third-order valence-corrected chi connectivity index (χ3v) is 5.31. The van der Waals surface area contributed by atoms with Gasteiger partial charge in [0.05, 0.1) is 5.69 Å². The number of hydrogen-bond acceptors (Lipinski definition) is 4. The van der Waals surface area contributed by atoms with Crippen LogP contribution in [-0.2, 0) is 10.0 Å². The van der Waals surface area contributed by atoms with Crippen LogP contribution in [-0.4, -0.2) is 26.2 Å². The fraction of sp³-hybridized carbons (Fsp3) is 0.600. The van der Waals surface area contributed by atoms with Crippen molar-refractivity contribution < 1.29 is 13.5 Å². The lowest BCUT2D eigenvalue weighted by atomic mass is 9.86. The number of rotatable bonds is 5. The van der Waals surface area contributed by atoms with E-state index in [4.69, 9.17) is 10.8 Å². The highest BCUT2D eigenvalue weighted by molar-refractivity contribution is 7.89. The first-order valence-corrected chi connectivity index (χ1v) is 8.48. The van der Waals surface area contributed by atoms with Gasteiger partial charge < -0.3 is 10.8 Å². The molecule has 0 aliphatic rings. The first-order valence-electron chi connectivity index (χ1n) is 6.99. The Balaban J connectivity index is 3.26. The van der Waals surface area contributed by atoms with Gasteiger partial charge in [0.2, 0.25) is 10.0 Å². The van der Waals surface area contributed by atoms with Crippen LogP contribution in [0, 0.1) is 19.3 Å². The molecule has 4 N–H and O–H groups in total. The van der Waals surface area contributed by atoms with E-state index in [1.807, 2.05) is 20.8 Å². The van der Waals surface area contributed by atoms with E-state index in [-0.39, 0.29) is 28.6 Å². The van der Waals surface area contributed by atoms with Gasteiger partial charge in [-0.3, -0.25) is 0 Å². The van der Waals surface area contributed by atoms with Crippen molar-refractivity contribution in [2.24, 2.45) is 5.41 Å². The molecule has 6 heteroatoms. The van der Waals surface area contributed by atoms with Crippen LogP contribution in [0.3, 0.4) is 0 Å². The van der Waals surface area contributed by atoms with Crippen LogP contribution in [0.1, 0.15) is 38.3 Å². The van der Waals surface area contributed by atoms with Gasteiger partial charge in [0.1, 0.15) is 4.90 Å². The summed E-state index contributed by atoms with van der Waals surface area (Å²) < 4.78 is 28.1. The molecule has 21 heavy (non-hydrogen) atoms. The van der Waals surface area contributed by atoms with Crippen molar-refractivity contribution in [1.82, 2.24) is 4.72 Å². The molecule has 120 valence electrons. The van der Waals surface area contributed by atoms with E-state index >= 15 is 0 Å². The molecule has 5 nitrogen and oxygen atoms in total. The number of sulfonamides is 1. The zero-order valence-corrected chi connectivity index (χ0v) is 14.2. The van der Waals surface area contributed by atoms with Crippen LogP contribution in [0.2, 0.25) is 0 Å². The van der Waals surface area contributed by atoms with Gasteiger partial charge in [0.15, 0.2) is 0 Å². The van der Waals surface area contributed by atoms with E-state index in [0.717, 1.165) is 5.56 Å². The molecule has 0 aliphatic heterocycles. The predicted octanol–water partition coefficient (Wildman–Crippen LogP) is 1.96. The summed E-state index contributed by atoms with van der Waals surface area (Å²) in [5, 5.41) is 9.16. The molecular weight excluding hydrogens is 288 g/mol. The molecule has 0 bridgehead atoms. The van der Waals surface area contributed by atoms with Gasteiger partial charge in [-0.1, -0.05) is 32.9 Å². The second kappa shape index (κ2) is 6.34. The molecule has 1 unspecified atom stereocenters. The smallest absolute Gasteiger partial charge is 0.243 e. The molecule has 0 saturated heterocycles. The van der Waals surface area contributed by atoms with E-state index in [1.165, 1.54) is 0 Å². The monoisotopic (exact) mass is 314 g/mol. The van der Waals surface area contributed by atoms with Crippen LogP contribution in [0.15, 0.2) is 17.0 Å². The number of nitrogens with two attached hydrogens (primary N) is 1. The first-order chi connectivity index (χ1) is 9.50. The summed E-state index contributed by atoms with van der Waals surface area (Å²) in [7, 11) is -3.73. The van der Waals surface area contributed by atoms with E-state index in [9.17, 15) is 8.42 Å². The fourth-order valence-corrected chi connectivity index (χ4v) is 4.11. The number of anilines is 1. The largest absolute Gasteiger partial charge is 0.397 e. The van der Waals surface area contributed by atoms with Crippen LogP contribution in [0.25, 0.3) is 0 Å². The topological polar surface area (TPSA) is 92.4 Å². The molecule has 0 aromatic heterocycles. The third-order valence-electron chi connectivity index (χ3n) is 3.64. The van der Waals surface area contributed by atoms with E-state index in [0.29, 0.717) is 12.0 Å². The van der Waals surface area contributed by atoms with Gasteiger partial charge in [-0.25, -0.2) is 13.1 Å². The van der Waals surface area contributed by atoms with Crippen LogP contribution in [0.4, 0.5) is 5.69 Å². The van der Waals surface area contributed by atoms with Crippen LogP contribution < -0.4 is 10.5 Å². The summed E-state index contributed by atoms with van der Waals surface area (Å²) in [6.45, 7) is 9.23. The van der Waals surface area contributed by atoms with Gasteiger partial charge in [-0.05, 0) is 36.8 Å². The summed E-state index contributed by atoms with van der Waals surface area (Å²) in [6.07, 6.45) is 0.355. The summed E-state index contributed by atoms with van der Waals surface area (Å²) in [5.74, 6) is 0. The maximum atomic E-state index is 12.7. The van der Waals surface area contributed by atoms with Crippen molar-refractivity contribution in [3.63, 3.8) is 0 Å². The Morgan fingerprint density at radius 3 is 2.24 bits per heavy atom. The average molecular weight is 314 g/mol. The van der Waals surface area contributed by atoms with Crippen molar-refractivity contribution in [2.75, 3.05) is 12.3 Å². The Hall–Kier alpha value is -1.11. The standard InChI is InChI=1S/C15H26N2O3S/c1-10-6-7-11(2)14(13(10)16)21(19,20)17-12(8-9-18)15(3,4)5/h6-7,12,17-18H,8-9,16H2,1-5H3.